The molecule has 4 aromatic rings. The van der Waals surface area contributed by atoms with Crippen LogP contribution in [0.5, 0.6) is 5.75 Å². The van der Waals surface area contributed by atoms with Crippen LogP contribution in [0.25, 0.3) is 10.8 Å². The average molecular weight is 371 g/mol. The third kappa shape index (κ3) is 4.04. The van der Waals surface area contributed by atoms with Gasteiger partial charge in [0.25, 0.3) is 0 Å². The number of anilines is 1. The zero-order valence-corrected chi connectivity index (χ0v) is 14.9. The Morgan fingerprint density at radius 1 is 1.04 bits per heavy atom. The molecule has 0 aliphatic rings. The first kappa shape index (κ1) is 17.4. The van der Waals surface area contributed by atoms with Gasteiger partial charge in [0.05, 0.1) is 12.4 Å². The summed E-state index contributed by atoms with van der Waals surface area (Å²) >= 11 is 0. The Kier molecular flexibility index (Phi) is 5.06. The fraction of sp³-hybridized carbons (Fsp3) is 0.0476. The third-order valence-corrected chi connectivity index (χ3v) is 4.11. The number of hydrogen-bond donors (Lipinski definition) is 2. The maximum atomic E-state index is 11.2. The lowest BCUT2D eigenvalue weighted by atomic mass is 10.0. The number of hydrogen-bond acceptors (Lipinski definition) is 6. The number of H-pyrrole nitrogens is 1. The van der Waals surface area contributed by atoms with E-state index in [-0.39, 0.29) is 5.82 Å². The molecule has 4 rings (SSSR count). The van der Waals surface area contributed by atoms with E-state index in [2.05, 4.69) is 25.7 Å². The zero-order valence-electron chi connectivity index (χ0n) is 14.9. The maximum Gasteiger partial charge on any atom is 0.363 e. The summed E-state index contributed by atoms with van der Waals surface area (Å²) < 4.78 is 6.05. The lowest BCUT2D eigenvalue weighted by molar-refractivity contribution is 0.306. The molecule has 0 saturated carbocycles. The predicted octanol–water partition coefficient (Wildman–Crippen LogP) is 3.34. The molecule has 0 saturated heterocycles. The van der Waals surface area contributed by atoms with E-state index < -0.39 is 5.69 Å². The molecular weight excluding hydrogens is 354 g/mol. The minimum absolute atomic E-state index is 0.256. The Morgan fingerprint density at radius 2 is 1.86 bits per heavy atom. The molecule has 1 aromatic heterocycles. The summed E-state index contributed by atoms with van der Waals surface area (Å²) in [4.78, 5) is 15.0. The summed E-state index contributed by atoms with van der Waals surface area (Å²) in [5, 5.41) is 12.2. The van der Waals surface area contributed by atoms with E-state index in [9.17, 15) is 4.79 Å². The van der Waals surface area contributed by atoms with Crippen molar-refractivity contribution in [2.45, 2.75) is 6.61 Å². The Bertz CT molecular complexity index is 1170. The molecule has 0 atom stereocenters. The lowest BCUT2D eigenvalue weighted by Gasteiger charge is -2.12. The van der Waals surface area contributed by atoms with Crippen molar-refractivity contribution in [1.82, 2.24) is 15.2 Å². The van der Waals surface area contributed by atoms with Gasteiger partial charge in [0.2, 0.25) is 0 Å². The van der Waals surface area contributed by atoms with Crippen LogP contribution in [-0.2, 0) is 6.61 Å². The standard InChI is InChI=1S/C21H17N5O2/c27-21-24-20(13-23-26-21)25-22-12-18-17-9-5-4-8-16(17)10-11-19(18)28-14-15-6-2-1-3-7-15/h1-13H,14H2,(H2,24,25,26,27)/b22-12-. The second-order valence-corrected chi connectivity index (χ2v) is 6.01. The van der Waals surface area contributed by atoms with Crippen molar-refractivity contribution < 1.29 is 4.74 Å². The van der Waals surface area contributed by atoms with Gasteiger partial charge < -0.3 is 4.74 Å². The lowest BCUT2D eigenvalue weighted by Crippen LogP contribution is -2.13. The highest BCUT2D eigenvalue weighted by Crippen LogP contribution is 2.27. The number of ether oxygens (including phenoxy) is 1. The van der Waals surface area contributed by atoms with Gasteiger partial charge in [0, 0.05) is 5.56 Å². The highest BCUT2D eigenvalue weighted by atomic mass is 16.5. The molecule has 7 heteroatoms. The van der Waals surface area contributed by atoms with Crippen molar-refractivity contribution in [2.75, 3.05) is 5.43 Å². The van der Waals surface area contributed by atoms with Crippen molar-refractivity contribution in [1.29, 1.82) is 0 Å². The minimum Gasteiger partial charge on any atom is -0.488 e. The van der Waals surface area contributed by atoms with Crippen LogP contribution in [0.4, 0.5) is 5.82 Å². The number of hydrazone groups is 1. The first-order chi connectivity index (χ1) is 13.8. The summed E-state index contributed by atoms with van der Waals surface area (Å²) in [7, 11) is 0. The monoisotopic (exact) mass is 371 g/mol. The van der Waals surface area contributed by atoms with E-state index in [4.69, 9.17) is 4.74 Å². The largest absolute Gasteiger partial charge is 0.488 e. The summed E-state index contributed by atoms with van der Waals surface area (Å²) in [6, 6.07) is 21.9. The molecule has 0 radical (unpaired) electrons. The van der Waals surface area contributed by atoms with Gasteiger partial charge in [-0.15, -0.1) is 0 Å². The molecular formula is C21H17N5O2. The number of fused-ring (bicyclic) bond motifs is 1. The third-order valence-electron chi connectivity index (χ3n) is 4.11. The topological polar surface area (TPSA) is 92.3 Å². The SMILES string of the molecule is O=c1nc(N/N=C\c2c(OCc3ccccc3)ccc3ccccc23)cn[nH]1. The van der Waals surface area contributed by atoms with Crippen LogP contribution < -0.4 is 15.9 Å². The molecule has 0 unspecified atom stereocenters. The average Bonchev–Trinajstić information content (AvgIpc) is 2.74. The van der Waals surface area contributed by atoms with Crippen molar-refractivity contribution >= 4 is 22.8 Å². The second kappa shape index (κ2) is 8.13. The van der Waals surface area contributed by atoms with Crippen molar-refractivity contribution in [3.63, 3.8) is 0 Å². The molecule has 0 spiro atoms. The van der Waals surface area contributed by atoms with E-state index in [0.29, 0.717) is 12.4 Å². The van der Waals surface area contributed by atoms with Gasteiger partial charge in [0.1, 0.15) is 12.4 Å². The van der Waals surface area contributed by atoms with Crippen molar-refractivity contribution in [2.24, 2.45) is 5.10 Å². The Balaban J connectivity index is 1.63. The van der Waals surface area contributed by atoms with Gasteiger partial charge in [-0.25, -0.2) is 9.89 Å². The van der Waals surface area contributed by atoms with Crippen LogP contribution in [0, 0.1) is 0 Å². The molecule has 2 N–H and O–H groups in total. The van der Waals surface area contributed by atoms with E-state index in [1.54, 1.807) is 6.21 Å². The highest BCUT2D eigenvalue weighted by Gasteiger charge is 2.08. The highest BCUT2D eigenvalue weighted by molar-refractivity contribution is 6.02. The van der Waals surface area contributed by atoms with Gasteiger partial charge in [-0.2, -0.15) is 15.2 Å². The van der Waals surface area contributed by atoms with Gasteiger partial charge in [-0.05, 0) is 22.4 Å². The smallest absolute Gasteiger partial charge is 0.363 e. The molecule has 1 heterocycles. The Labute approximate surface area is 160 Å². The van der Waals surface area contributed by atoms with Gasteiger partial charge in [0.15, 0.2) is 5.82 Å². The van der Waals surface area contributed by atoms with Crippen LogP contribution >= 0.6 is 0 Å². The molecule has 0 fully saturated rings. The van der Waals surface area contributed by atoms with Crippen LogP contribution in [-0.4, -0.2) is 21.4 Å². The first-order valence-electron chi connectivity index (χ1n) is 8.69. The van der Waals surface area contributed by atoms with E-state index in [1.807, 2.05) is 66.7 Å². The van der Waals surface area contributed by atoms with Gasteiger partial charge in [-0.1, -0.05) is 60.7 Å². The van der Waals surface area contributed by atoms with Crippen LogP contribution in [0.1, 0.15) is 11.1 Å². The normalized spacial score (nSPS) is 11.0. The fourth-order valence-electron chi connectivity index (χ4n) is 2.80. The van der Waals surface area contributed by atoms with Crippen LogP contribution in [0.2, 0.25) is 0 Å². The van der Waals surface area contributed by atoms with E-state index in [0.717, 1.165) is 21.9 Å². The summed E-state index contributed by atoms with van der Waals surface area (Å²) in [5.74, 6) is 0.970. The first-order valence-corrected chi connectivity index (χ1v) is 8.69. The molecule has 0 amide bonds. The number of aromatic nitrogens is 3. The summed E-state index contributed by atoms with van der Waals surface area (Å²) in [6.07, 6.45) is 3.04. The quantitative estimate of drug-likeness (QED) is 0.401. The number of rotatable bonds is 6. The zero-order chi connectivity index (χ0) is 19.2. The van der Waals surface area contributed by atoms with Gasteiger partial charge in [-0.3, -0.25) is 5.43 Å². The molecule has 0 aliphatic heterocycles. The van der Waals surface area contributed by atoms with Crippen LogP contribution in [0.3, 0.4) is 0 Å². The van der Waals surface area contributed by atoms with Crippen LogP contribution in [0.15, 0.2) is 82.8 Å². The number of aromatic amines is 1. The Hall–Kier alpha value is -4.00. The predicted molar refractivity (Wildman–Crippen MR) is 109 cm³/mol. The van der Waals surface area contributed by atoms with E-state index in [1.165, 1.54) is 6.20 Å². The molecule has 28 heavy (non-hydrogen) atoms. The van der Waals surface area contributed by atoms with E-state index >= 15 is 0 Å². The fourth-order valence-corrected chi connectivity index (χ4v) is 2.80. The Morgan fingerprint density at radius 3 is 2.71 bits per heavy atom. The minimum atomic E-state index is -0.544. The number of nitrogens with zero attached hydrogens (tertiary/aromatic N) is 3. The molecule has 7 nitrogen and oxygen atoms in total. The molecule has 0 bridgehead atoms. The maximum absolute atomic E-state index is 11.2. The summed E-state index contributed by atoms with van der Waals surface area (Å²) in [5.41, 5.74) is 4.09. The molecule has 0 aliphatic carbocycles. The summed E-state index contributed by atoms with van der Waals surface area (Å²) in [6.45, 7) is 0.451. The molecule has 3 aromatic carbocycles. The van der Waals surface area contributed by atoms with Crippen molar-refractivity contribution in [3.8, 4) is 5.75 Å². The number of nitrogens with one attached hydrogen (secondary N) is 2. The molecule has 138 valence electrons. The second-order valence-electron chi connectivity index (χ2n) is 6.01. The van der Waals surface area contributed by atoms with Crippen molar-refractivity contribution in [3.05, 3.63) is 94.5 Å². The van der Waals surface area contributed by atoms with Gasteiger partial charge >= 0.3 is 5.69 Å². The number of benzene rings is 3.